The fraction of sp³-hybridized carbons (Fsp3) is 0.292. The number of halogens is 3. The summed E-state index contributed by atoms with van der Waals surface area (Å²) >= 11 is 7.56. The van der Waals surface area contributed by atoms with Crippen LogP contribution in [0, 0.1) is 18.6 Å². The Bertz CT molecular complexity index is 1540. The van der Waals surface area contributed by atoms with E-state index < -0.39 is 30.2 Å². The van der Waals surface area contributed by atoms with Crippen LogP contribution in [-0.4, -0.2) is 68.4 Å². The second kappa shape index (κ2) is 9.67. The van der Waals surface area contributed by atoms with Gasteiger partial charge in [-0.3, -0.25) is 9.59 Å². The number of pyridine rings is 1. The molecule has 1 aromatic carbocycles. The van der Waals surface area contributed by atoms with Crippen molar-refractivity contribution in [3.8, 4) is 5.75 Å². The van der Waals surface area contributed by atoms with E-state index in [-0.39, 0.29) is 34.6 Å². The first-order valence-electron chi connectivity index (χ1n) is 11.2. The average Bonchev–Trinajstić information content (AvgIpc) is 3.39. The molecule has 0 fully saturated rings. The van der Waals surface area contributed by atoms with Gasteiger partial charge in [0.2, 0.25) is 4.96 Å². The Balaban J connectivity index is 1.46. The van der Waals surface area contributed by atoms with Gasteiger partial charge < -0.3 is 14.5 Å². The van der Waals surface area contributed by atoms with Gasteiger partial charge in [0.05, 0.1) is 11.4 Å². The molecule has 2 amide bonds. The van der Waals surface area contributed by atoms with Gasteiger partial charge in [-0.15, -0.1) is 0 Å². The van der Waals surface area contributed by atoms with Gasteiger partial charge in [-0.2, -0.15) is 5.10 Å². The lowest BCUT2D eigenvalue weighted by atomic mass is 9.95. The molecule has 0 spiro atoms. The van der Waals surface area contributed by atoms with Gasteiger partial charge in [0.1, 0.15) is 16.7 Å². The number of aryl methyl sites for hydroxylation is 1. The van der Waals surface area contributed by atoms with Crippen LogP contribution in [0.25, 0.3) is 4.96 Å². The molecule has 3 aromatic heterocycles. The van der Waals surface area contributed by atoms with Crippen molar-refractivity contribution in [1.82, 2.24) is 29.4 Å². The molecule has 4 heterocycles. The molecule has 37 heavy (non-hydrogen) atoms. The Hall–Kier alpha value is -3.64. The Kier molecular flexibility index (Phi) is 6.54. The van der Waals surface area contributed by atoms with Gasteiger partial charge in [0.15, 0.2) is 29.1 Å². The highest BCUT2D eigenvalue weighted by Crippen LogP contribution is 2.38. The summed E-state index contributed by atoms with van der Waals surface area (Å²) in [5.74, 6) is -2.77. The predicted molar refractivity (Wildman–Crippen MR) is 132 cm³/mol. The van der Waals surface area contributed by atoms with Crippen molar-refractivity contribution >= 4 is 39.7 Å². The molecule has 192 valence electrons. The highest BCUT2D eigenvalue weighted by Gasteiger charge is 2.38. The number of hydrogen-bond donors (Lipinski definition) is 0. The summed E-state index contributed by atoms with van der Waals surface area (Å²) in [5, 5.41) is 5.14. The fourth-order valence-corrected chi connectivity index (χ4v) is 5.25. The molecule has 0 aliphatic carbocycles. The van der Waals surface area contributed by atoms with Crippen LogP contribution in [-0.2, 0) is 11.2 Å². The second-order valence-electron chi connectivity index (χ2n) is 8.62. The number of fused-ring (bicyclic) bond motifs is 3. The van der Waals surface area contributed by atoms with Gasteiger partial charge in [-0.05, 0) is 25.1 Å². The van der Waals surface area contributed by atoms with Crippen LogP contribution in [0.4, 0.5) is 8.78 Å². The molecular formula is C24H21ClF2N6O3S. The number of ether oxygens (including phenoxy) is 1. The molecule has 1 atom stereocenters. The highest BCUT2D eigenvalue weighted by atomic mass is 35.5. The van der Waals surface area contributed by atoms with Crippen LogP contribution in [0.2, 0.25) is 5.15 Å². The van der Waals surface area contributed by atoms with Gasteiger partial charge in [0.25, 0.3) is 11.8 Å². The largest absolute Gasteiger partial charge is 0.481 e. The fourth-order valence-electron chi connectivity index (χ4n) is 4.28. The van der Waals surface area contributed by atoms with E-state index in [1.807, 2.05) is 6.92 Å². The Morgan fingerprint density at radius 2 is 2.00 bits per heavy atom. The van der Waals surface area contributed by atoms with Crippen LogP contribution in [0.1, 0.15) is 38.5 Å². The standard InChI is InChI=1S/C24H21ClF2N6O3S/c1-12-30-33-21-15(29-24(33)37-12)9-10-32(20(21)13-5-4-6-14(26)19(13)27)18(34)11-36-17-8-7-16(28-22(17)25)23(35)31(2)3/h4-8,20H,9-11H2,1-3H3. The van der Waals surface area contributed by atoms with Crippen molar-refractivity contribution in [2.24, 2.45) is 0 Å². The molecule has 9 nitrogen and oxygen atoms in total. The molecule has 0 saturated heterocycles. The number of carbonyl (C=O) groups excluding carboxylic acids is 2. The SMILES string of the molecule is Cc1nn2c3c(nc2s1)CCN(C(=O)COc1ccc(C(=O)N(C)C)nc1Cl)C3c1cccc(F)c1F. The number of imidazole rings is 1. The first-order chi connectivity index (χ1) is 17.7. The van der Waals surface area contributed by atoms with Gasteiger partial charge >= 0.3 is 0 Å². The maximum absolute atomic E-state index is 15.0. The maximum Gasteiger partial charge on any atom is 0.271 e. The van der Waals surface area contributed by atoms with E-state index in [1.54, 1.807) is 18.6 Å². The van der Waals surface area contributed by atoms with Gasteiger partial charge in [-0.1, -0.05) is 35.1 Å². The second-order valence-corrected chi connectivity index (χ2v) is 10.1. The first kappa shape index (κ1) is 25.0. The summed E-state index contributed by atoms with van der Waals surface area (Å²) in [5.41, 5.74) is 1.30. The number of hydrogen-bond acceptors (Lipinski definition) is 7. The molecule has 5 rings (SSSR count). The predicted octanol–water partition coefficient (Wildman–Crippen LogP) is 3.68. The average molecular weight is 547 g/mol. The lowest BCUT2D eigenvalue weighted by molar-refractivity contribution is -0.135. The van der Waals surface area contributed by atoms with E-state index in [2.05, 4.69) is 15.1 Å². The number of rotatable bonds is 5. The minimum absolute atomic E-state index is 0.00648. The van der Waals surface area contributed by atoms with Crippen LogP contribution in [0.5, 0.6) is 5.75 Å². The molecule has 4 aromatic rings. The van der Waals surface area contributed by atoms with E-state index in [4.69, 9.17) is 16.3 Å². The molecular weight excluding hydrogens is 526 g/mol. The number of carbonyl (C=O) groups is 2. The number of aromatic nitrogens is 4. The van der Waals surface area contributed by atoms with Crippen LogP contribution >= 0.6 is 22.9 Å². The summed E-state index contributed by atoms with van der Waals surface area (Å²) < 4.78 is 36.5. The molecule has 1 aliphatic rings. The van der Waals surface area contributed by atoms with Crippen molar-refractivity contribution < 1.29 is 23.1 Å². The van der Waals surface area contributed by atoms with E-state index in [1.165, 1.54) is 45.4 Å². The third-order valence-corrected chi connectivity index (χ3v) is 7.06. The van der Waals surface area contributed by atoms with Crippen molar-refractivity contribution in [3.63, 3.8) is 0 Å². The van der Waals surface area contributed by atoms with Crippen molar-refractivity contribution in [1.29, 1.82) is 0 Å². The topological polar surface area (TPSA) is 92.9 Å². The maximum atomic E-state index is 15.0. The normalized spacial score (nSPS) is 15.1. The zero-order chi connectivity index (χ0) is 26.4. The lowest BCUT2D eigenvalue weighted by Crippen LogP contribution is -2.43. The summed E-state index contributed by atoms with van der Waals surface area (Å²) in [6.07, 6.45) is 0.410. The highest BCUT2D eigenvalue weighted by molar-refractivity contribution is 7.16. The molecule has 13 heteroatoms. The zero-order valence-electron chi connectivity index (χ0n) is 20.0. The van der Waals surface area contributed by atoms with Gasteiger partial charge in [-0.25, -0.2) is 23.3 Å². The molecule has 0 radical (unpaired) electrons. The third-order valence-electron chi connectivity index (χ3n) is 5.96. The van der Waals surface area contributed by atoms with Gasteiger partial charge in [0, 0.05) is 32.6 Å². The third kappa shape index (κ3) is 4.51. The van der Waals surface area contributed by atoms with E-state index >= 15 is 4.39 Å². The Labute approximate surface area is 219 Å². The molecule has 1 aliphatic heterocycles. The van der Waals surface area contributed by atoms with Crippen LogP contribution < -0.4 is 4.74 Å². The minimum Gasteiger partial charge on any atom is -0.481 e. The molecule has 0 N–H and O–H groups in total. The molecule has 0 saturated carbocycles. The van der Waals surface area contributed by atoms with E-state index in [0.717, 1.165) is 11.1 Å². The first-order valence-corrected chi connectivity index (χ1v) is 12.4. The van der Waals surface area contributed by atoms with Crippen molar-refractivity contribution in [3.05, 3.63) is 74.8 Å². The number of amides is 2. The minimum atomic E-state index is -1.05. The summed E-state index contributed by atoms with van der Waals surface area (Å²) in [4.78, 5) is 37.6. The Morgan fingerprint density at radius 1 is 1.22 bits per heavy atom. The lowest BCUT2D eigenvalue weighted by Gasteiger charge is -2.35. The van der Waals surface area contributed by atoms with E-state index in [0.29, 0.717) is 22.8 Å². The summed E-state index contributed by atoms with van der Waals surface area (Å²) in [7, 11) is 3.17. The Morgan fingerprint density at radius 3 is 2.73 bits per heavy atom. The zero-order valence-corrected chi connectivity index (χ0v) is 21.6. The van der Waals surface area contributed by atoms with E-state index in [9.17, 15) is 14.0 Å². The van der Waals surface area contributed by atoms with Crippen LogP contribution in [0.15, 0.2) is 30.3 Å². The summed E-state index contributed by atoms with van der Waals surface area (Å²) in [6.45, 7) is 1.59. The number of nitrogens with zero attached hydrogens (tertiary/aromatic N) is 6. The van der Waals surface area contributed by atoms with Crippen molar-refractivity contribution in [2.75, 3.05) is 27.2 Å². The molecule has 1 unspecified atom stereocenters. The quantitative estimate of drug-likeness (QED) is 0.355. The van der Waals surface area contributed by atoms with Crippen LogP contribution in [0.3, 0.4) is 0 Å². The number of benzene rings is 1. The smallest absolute Gasteiger partial charge is 0.271 e. The monoisotopic (exact) mass is 546 g/mol. The summed E-state index contributed by atoms with van der Waals surface area (Å²) in [6, 6.07) is 5.79. The van der Waals surface area contributed by atoms with Crippen molar-refractivity contribution in [2.45, 2.75) is 19.4 Å². The molecule has 0 bridgehead atoms.